The molecule has 6 rings (SSSR count). The third-order valence-corrected chi connectivity index (χ3v) is 11.7. The molecule has 54 heavy (non-hydrogen) atoms. The Morgan fingerprint density at radius 1 is 1.11 bits per heavy atom. The number of fused-ring (bicyclic) bond motifs is 2. The Bertz CT molecular complexity index is 2130. The number of imide groups is 1. The molecule has 0 spiro atoms. The summed E-state index contributed by atoms with van der Waals surface area (Å²) >= 11 is 0. The van der Waals surface area contributed by atoms with Gasteiger partial charge in [0.15, 0.2) is 17.4 Å². The normalized spacial score (nSPS) is 25.0. The number of piperidine rings is 1. The lowest BCUT2D eigenvalue weighted by Crippen LogP contribution is -2.52. The molecule has 2 fully saturated rings. The van der Waals surface area contributed by atoms with E-state index in [1.54, 1.807) is 18.2 Å². The molecule has 0 radical (unpaired) electrons. The highest BCUT2D eigenvalue weighted by Gasteiger charge is 2.46. The number of aromatic nitrogens is 4. The Balaban J connectivity index is 0.910. The molecular weight excluding hydrogens is 760 g/mol. The van der Waals surface area contributed by atoms with Crippen molar-refractivity contribution in [3.8, 4) is 0 Å². The number of anilines is 2. The van der Waals surface area contributed by atoms with Crippen LogP contribution < -0.4 is 27.0 Å². The molecule has 7 atom stereocenters. The highest BCUT2D eigenvalue weighted by Crippen LogP contribution is 2.58. The number of phosphoric ester groups is 1. The van der Waals surface area contributed by atoms with Gasteiger partial charge in [-0.25, -0.2) is 19.2 Å². The molecule has 23 nitrogen and oxygen atoms in total. The molecule has 10 N–H and O–H groups in total. The first-order valence-corrected chi connectivity index (χ1v) is 19.7. The van der Waals surface area contributed by atoms with E-state index in [0.717, 1.165) is 10.9 Å². The smallest absolute Gasteiger partial charge is 0.387 e. The molecule has 4 amide bonds. The first-order chi connectivity index (χ1) is 25.5. The minimum atomic E-state index is -5.23. The fourth-order valence-corrected chi connectivity index (χ4v) is 8.62. The van der Waals surface area contributed by atoms with E-state index < -0.39 is 70.1 Å². The van der Waals surface area contributed by atoms with Crippen LogP contribution in [0.1, 0.15) is 60.7 Å². The van der Waals surface area contributed by atoms with Crippen LogP contribution in [0.25, 0.3) is 11.2 Å². The number of aromatic amines is 1. The van der Waals surface area contributed by atoms with Gasteiger partial charge in [0.05, 0.1) is 12.9 Å². The number of benzene rings is 1. The average molecular weight is 798 g/mol. The van der Waals surface area contributed by atoms with Gasteiger partial charge in [-0.1, -0.05) is 12.5 Å². The molecule has 0 aliphatic carbocycles. The second kappa shape index (κ2) is 15.7. The summed E-state index contributed by atoms with van der Waals surface area (Å²) in [5.41, 5.74) is 6.01. The Morgan fingerprint density at radius 2 is 1.89 bits per heavy atom. The van der Waals surface area contributed by atoms with E-state index in [1.807, 2.05) is 0 Å². The Hall–Kier alpha value is -4.41. The van der Waals surface area contributed by atoms with Crippen LogP contribution in [-0.4, -0.2) is 106 Å². The lowest BCUT2D eigenvalue weighted by atomic mass is 10.0. The van der Waals surface area contributed by atoms with Crippen molar-refractivity contribution >= 4 is 62.0 Å². The second-order valence-corrected chi connectivity index (χ2v) is 15.9. The number of carbonyl (C=O) groups is 4. The minimum absolute atomic E-state index is 0.0615. The van der Waals surface area contributed by atoms with Crippen molar-refractivity contribution in [1.82, 2.24) is 34.8 Å². The van der Waals surface area contributed by atoms with Crippen molar-refractivity contribution < 1.29 is 61.9 Å². The van der Waals surface area contributed by atoms with E-state index in [9.17, 15) is 53.1 Å². The summed E-state index contributed by atoms with van der Waals surface area (Å²) in [7, 11) is -10.1. The van der Waals surface area contributed by atoms with Gasteiger partial charge in [-0.15, -0.1) is 0 Å². The number of hydrogen-bond acceptors (Lipinski definition) is 15. The monoisotopic (exact) mass is 797 g/mol. The number of nitrogens with one attached hydrogen (secondary N) is 4. The maximum absolute atomic E-state index is 13.0. The molecule has 2 aromatic heterocycles. The van der Waals surface area contributed by atoms with Crippen LogP contribution in [0.15, 0.2) is 29.3 Å². The summed E-state index contributed by atoms with van der Waals surface area (Å²) in [5, 5.41) is 28.1. The molecule has 7 unspecified atom stereocenters. The molecule has 25 heteroatoms. The van der Waals surface area contributed by atoms with Crippen molar-refractivity contribution in [2.45, 2.75) is 75.7 Å². The van der Waals surface area contributed by atoms with Crippen LogP contribution in [0.2, 0.25) is 0 Å². The molecule has 3 aliphatic rings. The van der Waals surface area contributed by atoms with Crippen molar-refractivity contribution in [2.24, 2.45) is 0 Å². The van der Waals surface area contributed by atoms with Gasteiger partial charge in [-0.2, -0.15) is 9.29 Å². The van der Waals surface area contributed by atoms with Gasteiger partial charge in [-0.3, -0.25) is 43.4 Å². The van der Waals surface area contributed by atoms with Crippen molar-refractivity contribution in [3.05, 3.63) is 46.0 Å². The maximum atomic E-state index is 13.0. The molecule has 3 aromatic rings. The number of nitrogen functional groups attached to an aromatic ring is 1. The number of imidazole rings is 1. The Kier molecular flexibility index (Phi) is 11.5. The van der Waals surface area contributed by atoms with Crippen LogP contribution in [-0.2, 0) is 43.6 Å². The van der Waals surface area contributed by atoms with Gasteiger partial charge in [0.25, 0.3) is 11.5 Å². The van der Waals surface area contributed by atoms with Crippen LogP contribution in [0.3, 0.4) is 0 Å². The van der Waals surface area contributed by atoms with Gasteiger partial charge in [0, 0.05) is 42.7 Å². The summed E-state index contributed by atoms with van der Waals surface area (Å²) in [4.78, 5) is 93.3. The zero-order valence-electron chi connectivity index (χ0n) is 28.2. The van der Waals surface area contributed by atoms with E-state index >= 15 is 0 Å². The maximum Gasteiger partial charge on any atom is 0.480 e. The molecule has 292 valence electrons. The summed E-state index contributed by atoms with van der Waals surface area (Å²) in [6, 6.07) is 4.03. The molecule has 0 saturated carbocycles. The van der Waals surface area contributed by atoms with Gasteiger partial charge in [0.2, 0.25) is 23.7 Å². The number of nitrogens with zero attached hydrogens (tertiary/aromatic N) is 4. The fraction of sp³-hybridized carbons (Fsp3) is 0.483. The molecule has 5 heterocycles. The number of carbonyl (C=O) groups excluding carboxylic acids is 4. The van der Waals surface area contributed by atoms with Gasteiger partial charge in [-0.05, 0) is 31.4 Å². The summed E-state index contributed by atoms with van der Waals surface area (Å²) < 4.78 is 40.8. The van der Waals surface area contributed by atoms with Crippen LogP contribution in [0.4, 0.5) is 11.6 Å². The average Bonchev–Trinajstić information content (AvgIpc) is 3.75. The highest BCUT2D eigenvalue weighted by atomic mass is 31.3. The van der Waals surface area contributed by atoms with Gasteiger partial charge in [0.1, 0.15) is 24.4 Å². The van der Waals surface area contributed by atoms with Crippen LogP contribution in [0, 0.1) is 0 Å². The fourth-order valence-electron chi connectivity index (χ4n) is 6.31. The number of rotatable bonds is 15. The largest absolute Gasteiger partial charge is 0.480 e. The number of nitrogens with two attached hydrogens (primary N) is 1. The van der Waals surface area contributed by atoms with E-state index in [-0.39, 0.29) is 67.7 Å². The highest BCUT2D eigenvalue weighted by molar-refractivity contribution is 7.62. The summed E-state index contributed by atoms with van der Waals surface area (Å²) in [5.74, 6) is -1.93. The van der Waals surface area contributed by atoms with E-state index in [4.69, 9.17) is 15.0 Å². The number of aliphatic hydroxyl groups excluding tert-OH is 2. The standard InChI is InChI=1S/C29H37N9O14P2/c30-29-35-24-21(26(44)36-29)31-13-38(24)28-23(42)22(41)18(51-28)12-50-54(48,49)52-53(46,47)32-10-3-1-2-7-19(39)33-16-6-4-5-14-15(16)11-37(27(14)45)17-8-9-20(40)34-25(17)43/h4-6,13,17-18,22-23,28,41-42H,1-3,7-12H2,(H,33,39)(H,48,49)(H2,32,46,47)(H,34,40,43)(H3,30,35,36,44). The number of unbranched alkanes of at least 4 members (excludes halogenated alkanes) is 2. The minimum Gasteiger partial charge on any atom is -0.387 e. The SMILES string of the molecule is Nc1nc2c(ncn2C2OC(COP(=O)(O)OP(=O)(O)NCCCCCC(=O)Nc3cccc4c3CN(C3CCC(=O)NC3=O)C4=O)C(O)C2O)c(=O)[nH]1. The van der Waals surface area contributed by atoms with Crippen molar-refractivity contribution in [1.29, 1.82) is 0 Å². The van der Waals surface area contributed by atoms with E-state index in [1.165, 1.54) is 4.90 Å². The lowest BCUT2D eigenvalue weighted by Gasteiger charge is -2.29. The van der Waals surface area contributed by atoms with Crippen molar-refractivity contribution in [3.63, 3.8) is 0 Å². The first-order valence-electron chi connectivity index (χ1n) is 16.6. The lowest BCUT2D eigenvalue weighted by molar-refractivity contribution is -0.137. The second-order valence-electron chi connectivity index (χ2n) is 12.7. The predicted octanol–water partition coefficient (Wildman–Crippen LogP) is -0.895. The molecular formula is C29H37N9O14P2. The zero-order chi connectivity index (χ0) is 38.9. The van der Waals surface area contributed by atoms with Gasteiger partial charge >= 0.3 is 15.6 Å². The van der Waals surface area contributed by atoms with Gasteiger partial charge < -0.3 is 40.7 Å². The molecule has 3 aliphatic heterocycles. The Morgan fingerprint density at radius 3 is 2.65 bits per heavy atom. The van der Waals surface area contributed by atoms with Crippen molar-refractivity contribution in [2.75, 3.05) is 24.2 Å². The number of aliphatic hydroxyl groups is 2. The summed E-state index contributed by atoms with van der Waals surface area (Å²) in [6.45, 7) is -0.939. The topological polar surface area (TPSA) is 340 Å². The third kappa shape index (κ3) is 8.60. The number of ether oxygens (including phenoxy) is 1. The van der Waals surface area contributed by atoms with E-state index in [2.05, 4.69) is 35.0 Å². The molecule has 2 saturated heterocycles. The zero-order valence-corrected chi connectivity index (χ0v) is 30.0. The third-order valence-electron chi connectivity index (χ3n) is 8.93. The van der Waals surface area contributed by atoms with E-state index in [0.29, 0.717) is 29.7 Å². The summed E-state index contributed by atoms with van der Waals surface area (Å²) in [6.07, 6.45) is -3.64. The quantitative estimate of drug-likeness (QED) is 0.0511. The van der Waals surface area contributed by atoms with Crippen LogP contribution >= 0.6 is 15.6 Å². The Labute approximate surface area is 304 Å². The molecule has 0 bridgehead atoms. The number of phosphoric acid groups is 1. The first kappa shape index (κ1) is 39.3. The molecule has 1 aromatic carbocycles. The number of amides is 4. The van der Waals surface area contributed by atoms with Crippen LogP contribution in [0.5, 0.6) is 0 Å². The predicted molar refractivity (Wildman–Crippen MR) is 183 cm³/mol. The number of hydrogen-bond donors (Lipinski definition) is 9. The number of H-pyrrole nitrogens is 1.